The van der Waals surface area contributed by atoms with Crippen LogP contribution in [0.15, 0.2) is 83.2 Å². The standard InChI is InChI=1S/C24H22N4O3S2/c1-16-9-8-13-19(15-16)21(18-11-4-3-5-12-18)28-33(30,31)24-27-26-23(32-24)25-22(29)20-14-7-6-10-17(20)2/h3-15,21,28H,1-2H3,(H,25,26,29)/t21-/m1/s1. The Kier molecular flexibility index (Phi) is 6.64. The van der Waals surface area contributed by atoms with Gasteiger partial charge in [0.2, 0.25) is 9.47 Å². The second kappa shape index (κ2) is 9.62. The normalized spacial score (nSPS) is 12.3. The summed E-state index contributed by atoms with van der Waals surface area (Å²) in [7, 11) is -4.01. The minimum atomic E-state index is -4.01. The molecule has 2 N–H and O–H groups in total. The highest BCUT2D eigenvalue weighted by Crippen LogP contribution is 2.27. The van der Waals surface area contributed by atoms with Crippen molar-refractivity contribution in [1.29, 1.82) is 0 Å². The van der Waals surface area contributed by atoms with Gasteiger partial charge in [0.1, 0.15) is 0 Å². The Hall–Kier alpha value is -3.40. The van der Waals surface area contributed by atoms with E-state index in [1.54, 1.807) is 12.1 Å². The predicted octanol–water partition coefficient (Wildman–Crippen LogP) is 4.48. The first-order valence-corrected chi connectivity index (χ1v) is 12.5. The third kappa shape index (κ3) is 5.33. The molecule has 1 atom stereocenters. The molecule has 0 unspecified atom stereocenters. The van der Waals surface area contributed by atoms with Crippen molar-refractivity contribution in [3.63, 3.8) is 0 Å². The van der Waals surface area contributed by atoms with Crippen LogP contribution in [0.5, 0.6) is 0 Å². The molecule has 0 aliphatic rings. The zero-order valence-electron chi connectivity index (χ0n) is 18.0. The van der Waals surface area contributed by atoms with Crippen molar-refractivity contribution >= 4 is 32.4 Å². The van der Waals surface area contributed by atoms with Crippen LogP contribution in [-0.4, -0.2) is 24.5 Å². The first kappa shape index (κ1) is 22.8. The maximum Gasteiger partial charge on any atom is 0.270 e. The van der Waals surface area contributed by atoms with Crippen molar-refractivity contribution in [2.45, 2.75) is 24.2 Å². The van der Waals surface area contributed by atoms with E-state index in [-0.39, 0.29) is 15.4 Å². The smallest absolute Gasteiger partial charge is 0.270 e. The van der Waals surface area contributed by atoms with Gasteiger partial charge in [0.25, 0.3) is 15.9 Å². The molecule has 0 bridgehead atoms. The first-order valence-electron chi connectivity index (χ1n) is 10.2. The van der Waals surface area contributed by atoms with E-state index in [1.165, 1.54) is 0 Å². The van der Waals surface area contributed by atoms with Gasteiger partial charge in [-0.25, -0.2) is 8.42 Å². The summed E-state index contributed by atoms with van der Waals surface area (Å²) in [6.07, 6.45) is 0. The average Bonchev–Trinajstić information content (AvgIpc) is 3.28. The van der Waals surface area contributed by atoms with Crippen molar-refractivity contribution < 1.29 is 13.2 Å². The van der Waals surface area contributed by atoms with E-state index in [2.05, 4.69) is 20.2 Å². The zero-order valence-corrected chi connectivity index (χ0v) is 19.7. The molecule has 0 spiro atoms. The molecule has 4 aromatic rings. The molecule has 3 aromatic carbocycles. The SMILES string of the molecule is Cc1cccc([C@H](NS(=O)(=O)c2nnc(NC(=O)c3ccccc3C)s2)c2ccccc2)c1. The van der Waals surface area contributed by atoms with Gasteiger partial charge in [-0.15, -0.1) is 10.2 Å². The van der Waals surface area contributed by atoms with Gasteiger partial charge in [0.15, 0.2) is 0 Å². The van der Waals surface area contributed by atoms with Crippen LogP contribution in [0, 0.1) is 13.8 Å². The summed E-state index contributed by atoms with van der Waals surface area (Å²) in [6, 6.07) is 23.5. The summed E-state index contributed by atoms with van der Waals surface area (Å²) in [5, 5.41) is 10.4. The molecule has 0 saturated carbocycles. The number of hydrogen-bond donors (Lipinski definition) is 2. The van der Waals surface area contributed by atoms with E-state index in [0.29, 0.717) is 5.56 Å². The largest absolute Gasteiger partial charge is 0.296 e. The van der Waals surface area contributed by atoms with Crippen LogP contribution >= 0.6 is 11.3 Å². The van der Waals surface area contributed by atoms with E-state index in [9.17, 15) is 13.2 Å². The molecule has 1 aromatic heterocycles. The molecule has 4 rings (SSSR count). The summed E-state index contributed by atoms with van der Waals surface area (Å²) in [4.78, 5) is 12.5. The van der Waals surface area contributed by atoms with Gasteiger partial charge < -0.3 is 0 Å². The maximum atomic E-state index is 13.2. The monoisotopic (exact) mass is 478 g/mol. The number of sulfonamides is 1. The zero-order chi connectivity index (χ0) is 23.4. The van der Waals surface area contributed by atoms with Crippen LogP contribution in [0.25, 0.3) is 0 Å². The molecule has 1 heterocycles. The second-order valence-corrected chi connectivity index (χ2v) is 10.4. The summed E-state index contributed by atoms with van der Waals surface area (Å²) in [5.41, 5.74) is 3.91. The number of benzene rings is 3. The topological polar surface area (TPSA) is 101 Å². The van der Waals surface area contributed by atoms with E-state index in [4.69, 9.17) is 0 Å². The lowest BCUT2D eigenvalue weighted by Crippen LogP contribution is -2.29. The van der Waals surface area contributed by atoms with E-state index >= 15 is 0 Å². The highest BCUT2D eigenvalue weighted by molar-refractivity contribution is 7.91. The van der Waals surface area contributed by atoms with Crippen molar-refractivity contribution in [2.24, 2.45) is 0 Å². The molecule has 0 fully saturated rings. The van der Waals surface area contributed by atoms with E-state index in [0.717, 1.165) is 33.6 Å². The van der Waals surface area contributed by atoms with Gasteiger partial charge in [0.05, 0.1) is 6.04 Å². The van der Waals surface area contributed by atoms with Crippen LogP contribution in [0.2, 0.25) is 0 Å². The molecule has 9 heteroatoms. The van der Waals surface area contributed by atoms with Gasteiger partial charge in [-0.2, -0.15) is 4.72 Å². The Morgan fingerprint density at radius 3 is 2.30 bits per heavy atom. The Morgan fingerprint density at radius 2 is 1.58 bits per heavy atom. The molecule has 33 heavy (non-hydrogen) atoms. The lowest BCUT2D eigenvalue weighted by atomic mass is 9.98. The second-order valence-electron chi connectivity index (χ2n) is 7.52. The fraction of sp³-hybridized carbons (Fsp3) is 0.125. The molecule has 0 aliphatic heterocycles. The molecule has 0 saturated heterocycles. The number of aryl methyl sites for hydroxylation is 2. The van der Waals surface area contributed by atoms with E-state index in [1.807, 2.05) is 80.6 Å². The summed E-state index contributed by atoms with van der Waals surface area (Å²) < 4.78 is 28.9. The van der Waals surface area contributed by atoms with Gasteiger partial charge >= 0.3 is 0 Å². The van der Waals surface area contributed by atoms with Crippen molar-refractivity contribution in [2.75, 3.05) is 5.32 Å². The summed E-state index contributed by atoms with van der Waals surface area (Å²) in [6.45, 7) is 3.78. The number of carbonyl (C=O) groups excluding carboxylic acids is 1. The predicted molar refractivity (Wildman–Crippen MR) is 129 cm³/mol. The maximum absolute atomic E-state index is 13.2. The minimum Gasteiger partial charge on any atom is -0.296 e. The Morgan fingerprint density at radius 1 is 0.879 bits per heavy atom. The minimum absolute atomic E-state index is 0.107. The highest BCUT2D eigenvalue weighted by Gasteiger charge is 2.27. The Balaban J connectivity index is 1.59. The summed E-state index contributed by atoms with van der Waals surface area (Å²) in [5.74, 6) is -0.372. The number of carbonyl (C=O) groups is 1. The molecule has 0 radical (unpaired) electrons. The number of anilines is 1. The van der Waals surface area contributed by atoms with Crippen LogP contribution < -0.4 is 10.0 Å². The third-order valence-corrected chi connectivity index (χ3v) is 7.66. The third-order valence-electron chi connectivity index (χ3n) is 5.03. The Bertz CT molecular complexity index is 1390. The van der Waals surface area contributed by atoms with Crippen LogP contribution in [0.3, 0.4) is 0 Å². The lowest BCUT2D eigenvalue weighted by Gasteiger charge is -2.19. The fourth-order valence-corrected chi connectivity index (χ4v) is 5.51. The van der Waals surface area contributed by atoms with Gasteiger partial charge in [-0.3, -0.25) is 10.1 Å². The Labute approximate surface area is 196 Å². The number of nitrogens with one attached hydrogen (secondary N) is 2. The van der Waals surface area contributed by atoms with E-state index < -0.39 is 16.1 Å². The van der Waals surface area contributed by atoms with Gasteiger partial charge in [-0.05, 0) is 36.6 Å². The molecule has 7 nitrogen and oxygen atoms in total. The number of hydrogen-bond acceptors (Lipinski definition) is 6. The average molecular weight is 479 g/mol. The molecule has 1 amide bonds. The lowest BCUT2D eigenvalue weighted by molar-refractivity contribution is 0.102. The fourth-order valence-electron chi connectivity index (χ4n) is 3.39. The van der Waals surface area contributed by atoms with Crippen LogP contribution in [0.4, 0.5) is 5.13 Å². The van der Waals surface area contributed by atoms with Gasteiger partial charge in [0, 0.05) is 5.56 Å². The molecule has 168 valence electrons. The summed E-state index contributed by atoms with van der Waals surface area (Å²) >= 11 is 0.800. The quantitative estimate of drug-likeness (QED) is 0.382. The van der Waals surface area contributed by atoms with Crippen molar-refractivity contribution in [3.8, 4) is 0 Å². The number of nitrogens with zero attached hydrogens (tertiary/aromatic N) is 2. The van der Waals surface area contributed by atoms with Crippen molar-refractivity contribution in [3.05, 3.63) is 107 Å². The number of rotatable bonds is 7. The van der Waals surface area contributed by atoms with Gasteiger partial charge in [-0.1, -0.05) is 89.7 Å². The first-order chi connectivity index (χ1) is 15.8. The number of aromatic nitrogens is 2. The van der Waals surface area contributed by atoms with Crippen LogP contribution in [-0.2, 0) is 10.0 Å². The van der Waals surface area contributed by atoms with Crippen molar-refractivity contribution in [1.82, 2.24) is 14.9 Å². The molecular formula is C24H22N4O3S2. The molecular weight excluding hydrogens is 456 g/mol. The highest BCUT2D eigenvalue weighted by atomic mass is 32.2. The number of amides is 1. The molecule has 0 aliphatic carbocycles. The van der Waals surface area contributed by atoms with Crippen LogP contribution in [0.1, 0.15) is 38.7 Å².